The van der Waals surface area contributed by atoms with Crippen LogP contribution in [0.4, 0.5) is 10.1 Å². The van der Waals surface area contributed by atoms with Crippen LogP contribution in [0.3, 0.4) is 0 Å². The van der Waals surface area contributed by atoms with E-state index >= 15 is 0 Å². The van der Waals surface area contributed by atoms with Gasteiger partial charge in [0.25, 0.3) is 0 Å². The number of fused-ring (bicyclic) bond motifs is 4. The highest BCUT2D eigenvalue weighted by molar-refractivity contribution is 5.90. The summed E-state index contributed by atoms with van der Waals surface area (Å²) in [6.45, 7) is 0.954. The quantitative estimate of drug-likeness (QED) is 0.700. The molecule has 29 heavy (non-hydrogen) atoms. The number of carboxylic acid groups (broad SMARTS) is 1. The molecule has 5 atom stereocenters. The fourth-order valence-electron chi connectivity index (χ4n) is 6.14. The summed E-state index contributed by atoms with van der Waals surface area (Å²) in [6, 6.07) is 10.9. The van der Waals surface area contributed by atoms with Gasteiger partial charge in [-0.15, -0.1) is 0 Å². The number of hydrogen-bond acceptors (Lipinski definition) is 2. The van der Waals surface area contributed by atoms with E-state index in [4.69, 9.17) is 0 Å². The summed E-state index contributed by atoms with van der Waals surface area (Å²) in [4.78, 5) is 14.4. The van der Waals surface area contributed by atoms with E-state index in [-0.39, 0.29) is 23.7 Å². The molecule has 3 nitrogen and oxygen atoms in total. The van der Waals surface area contributed by atoms with Crippen LogP contribution in [-0.2, 0) is 0 Å². The van der Waals surface area contributed by atoms with Gasteiger partial charge in [-0.1, -0.05) is 36.4 Å². The number of halogens is 1. The molecule has 2 aromatic carbocycles. The molecule has 4 aliphatic rings. The minimum atomic E-state index is -0.862. The minimum absolute atomic E-state index is 0.180. The van der Waals surface area contributed by atoms with Crippen LogP contribution in [0, 0.1) is 17.7 Å². The summed E-state index contributed by atoms with van der Waals surface area (Å²) in [6.07, 6.45) is 11.0. The number of benzene rings is 2. The standard InChI is InChI=1S/C25H22FNO2/c26-17-9-7-14(8-10-17)23-20-6-2-5-19(20)22-12-16(25(28)29)11-21-18-4-1-3-15(18)13-27(23)24(21)22/h1-2,4-5,7-12,15,18-20,23H,3,6,13H2,(H,28,29)/t15-,18+,19+,20-,23+/m1/s1. The molecule has 1 N–H and O–H groups in total. The second-order valence-electron chi connectivity index (χ2n) is 8.76. The van der Waals surface area contributed by atoms with Crippen LogP contribution in [-0.4, -0.2) is 17.6 Å². The molecule has 146 valence electrons. The number of hydrogen-bond donors (Lipinski definition) is 1. The van der Waals surface area contributed by atoms with Crippen LogP contribution in [0.1, 0.15) is 57.8 Å². The maximum Gasteiger partial charge on any atom is 0.335 e. The van der Waals surface area contributed by atoms with Crippen LogP contribution in [0.5, 0.6) is 0 Å². The zero-order valence-electron chi connectivity index (χ0n) is 16.0. The van der Waals surface area contributed by atoms with Gasteiger partial charge in [0.05, 0.1) is 11.6 Å². The van der Waals surface area contributed by atoms with Gasteiger partial charge in [-0.3, -0.25) is 0 Å². The highest BCUT2D eigenvalue weighted by Crippen LogP contribution is 2.58. The summed E-state index contributed by atoms with van der Waals surface area (Å²) in [5, 5.41) is 9.74. The van der Waals surface area contributed by atoms with Crippen molar-refractivity contribution in [2.24, 2.45) is 11.8 Å². The van der Waals surface area contributed by atoms with Crippen LogP contribution >= 0.6 is 0 Å². The average molecular weight is 387 g/mol. The van der Waals surface area contributed by atoms with E-state index in [1.54, 1.807) is 12.1 Å². The minimum Gasteiger partial charge on any atom is -0.478 e. The Balaban J connectivity index is 1.59. The van der Waals surface area contributed by atoms with Crippen molar-refractivity contribution in [2.45, 2.75) is 30.7 Å². The Morgan fingerprint density at radius 2 is 1.69 bits per heavy atom. The summed E-state index contributed by atoms with van der Waals surface area (Å²) in [5.74, 6) is 0.228. The van der Waals surface area contributed by atoms with Crippen LogP contribution in [0.15, 0.2) is 60.7 Å². The molecule has 0 aromatic heterocycles. The number of carbonyl (C=O) groups is 1. The Morgan fingerprint density at radius 3 is 2.45 bits per heavy atom. The molecule has 0 saturated carbocycles. The Kier molecular flexibility index (Phi) is 3.55. The molecule has 2 aromatic rings. The van der Waals surface area contributed by atoms with Crippen LogP contribution in [0.25, 0.3) is 0 Å². The zero-order valence-corrected chi connectivity index (χ0v) is 16.0. The van der Waals surface area contributed by atoms with E-state index < -0.39 is 5.97 Å². The Hall–Kier alpha value is -2.88. The molecule has 0 radical (unpaired) electrons. The molecular formula is C25H22FNO2. The largest absolute Gasteiger partial charge is 0.478 e. The summed E-state index contributed by atoms with van der Waals surface area (Å²) in [5.41, 5.74) is 5.05. The summed E-state index contributed by atoms with van der Waals surface area (Å²) in [7, 11) is 0. The molecule has 0 saturated heterocycles. The van der Waals surface area contributed by atoms with Gasteiger partial charge in [0.1, 0.15) is 5.82 Å². The molecule has 0 bridgehead atoms. The monoisotopic (exact) mass is 387 g/mol. The van der Waals surface area contributed by atoms with E-state index in [1.807, 2.05) is 24.3 Å². The lowest BCUT2D eigenvalue weighted by atomic mass is 9.70. The Morgan fingerprint density at radius 1 is 1.00 bits per heavy atom. The first-order chi connectivity index (χ1) is 14.1. The second-order valence-corrected chi connectivity index (χ2v) is 8.76. The molecule has 0 spiro atoms. The van der Waals surface area contributed by atoms with Crippen molar-refractivity contribution in [2.75, 3.05) is 11.4 Å². The molecular weight excluding hydrogens is 365 g/mol. The van der Waals surface area contributed by atoms with Gasteiger partial charge >= 0.3 is 5.97 Å². The topological polar surface area (TPSA) is 40.5 Å². The first-order valence-electron chi connectivity index (χ1n) is 10.4. The number of nitrogens with zero attached hydrogens (tertiary/aromatic N) is 1. The lowest BCUT2D eigenvalue weighted by Gasteiger charge is -2.51. The lowest BCUT2D eigenvalue weighted by molar-refractivity contribution is 0.0696. The highest BCUT2D eigenvalue weighted by Gasteiger charge is 2.48. The number of aromatic carboxylic acids is 1. The highest BCUT2D eigenvalue weighted by atomic mass is 19.1. The third kappa shape index (κ3) is 2.38. The van der Waals surface area contributed by atoms with E-state index in [1.165, 1.54) is 5.69 Å². The SMILES string of the molecule is O=C(O)c1cc2c3c(c1)[C@H]1C=CC[C@H]1[C@H](c1ccc(F)cc1)N3C[C@H]1CC=C[C@H]21. The van der Waals surface area contributed by atoms with E-state index in [9.17, 15) is 14.3 Å². The number of allylic oxidation sites excluding steroid dienone is 4. The Labute approximate surface area is 169 Å². The average Bonchev–Trinajstić information content (AvgIpc) is 3.38. The molecule has 0 fully saturated rings. The summed E-state index contributed by atoms with van der Waals surface area (Å²) < 4.78 is 13.6. The number of anilines is 1. The predicted molar refractivity (Wildman–Crippen MR) is 110 cm³/mol. The van der Waals surface area contributed by atoms with Gasteiger partial charge in [-0.2, -0.15) is 0 Å². The van der Waals surface area contributed by atoms with Crippen LogP contribution in [0.2, 0.25) is 0 Å². The summed E-state index contributed by atoms with van der Waals surface area (Å²) >= 11 is 0. The third-order valence-corrected chi connectivity index (χ3v) is 7.31. The molecule has 2 aliphatic heterocycles. The van der Waals surface area contributed by atoms with Crippen molar-refractivity contribution >= 4 is 11.7 Å². The predicted octanol–water partition coefficient (Wildman–Crippen LogP) is 5.42. The smallest absolute Gasteiger partial charge is 0.335 e. The normalized spacial score (nSPS) is 30.8. The molecule has 2 aliphatic carbocycles. The van der Waals surface area contributed by atoms with Gasteiger partial charge in [-0.05, 0) is 65.6 Å². The van der Waals surface area contributed by atoms with Crippen molar-refractivity contribution in [3.8, 4) is 0 Å². The first kappa shape index (κ1) is 17.0. The van der Waals surface area contributed by atoms with Gasteiger partial charge < -0.3 is 10.0 Å². The van der Waals surface area contributed by atoms with Gasteiger partial charge in [0, 0.05) is 24.1 Å². The fraction of sp³-hybridized carbons (Fsp3) is 0.320. The van der Waals surface area contributed by atoms with Gasteiger partial charge in [0.2, 0.25) is 0 Å². The zero-order chi connectivity index (χ0) is 19.7. The molecule has 6 rings (SSSR count). The van der Waals surface area contributed by atoms with Gasteiger partial charge in [0.15, 0.2) is 0 Å². The van der Waals surface area contributed by atoms with Crippen molar-refractivity contribution in [1.29, 1.82) is 0 Å². The van der Waals surface area contributed by atoms with Crippen molar-refractivity contribution in [3.63, 3.8) is 0 Å². The van der Waals surface area contributed by atoms with E-state index in [2.05, 4.69) is 29.2 Å². The molecule has 0 unspecified atom stereocenters. The molecule has 0 amide bonds. The van der Waals surface area contributed by atoms with E-state index in [0.717, 1.165) is 36.1 Å². The maximum atomic E-state index is 13.6. The van der Waals surface area contributed by atoms with Crippen molar-refractivity contribution in [3.05, 3.63) is 88.8 Å². The fourth-order valence-corrected chi connectivity index (χ4v) is 6.14. The molecule has 4 heteroatoms. The number of rotatable bonds is 2. The first-order valence-corrected chi connectivity index (χ1v) is 10.4. The number of carboxylic acids is 1. The Bertz CT molecular complexity index is 1050. The van der Waals surface area contributed by atoms with E-state index in [0.29, 0.717) is 17.4 Å². The van der Waals surface area contributed by atoms with Crippen molar-refractivity contribution < 1.29 is 14.3 Å². The maximum absolute atomic E-state index is 13.6. The molecule has 2 heterocycles. The lowest BCUT2D eigenvalue weighted by Crippen LogP contribution is -2.46. The van der Waals surface area contributed by atoms with Crippen molar-refractivity contribution in [1.82, 2.24) is 0 Å². The second kappa shape index (κ2) is 6.06. The van der Waals surface area contributed by atoms with Crippen LogP contribution < -0.4 is 4.90 Å². The van der Waals surface area contributed by atoms with Gasteiger partial charge in [-0.25, -0.2) is 9.18 Å². The third-order valence-electron chi connectivity index (χ3n) is 7.31.